The summed E-state index contributed by atoms with van der Waals surface area (Å²) in [5.41, 5.74) is 4.20. The van der Waals surface area contributed by atoms with Crippen LogP contribution in [0.25, 0.3) is 0 Å². The minimum Gasteiger partial charge on any atom is -0.322 e. The van der Waals surface area contributed by atoms with Crippen LogP contribution >= 0.6 is 0 Å². The Kier molecular flexibility index (Phi) is 4.81. The van der Waals surface area contributed by atoms with E-state index in [1.807, 2.05) is 12.1 Å². The van der Waals surface area contributed by atoms with Crippen LogP contribution < -0.4 is 10.8 Å². The van der Waals surface area contributed by atoms with Gasteiger partial charge in [0, 0.05) is 16.8 Å². The molecule has 120 valence electrons. The van der Waals surface area contributed by atoms with Crippen LogP contribution in [0.1, 0.15) is 47.1 Å². The molecule has 0 aliphatic carbocycles. The van der Waals surface area contributed by atoms with Crippen molar-refractivity contribution < 1.29 is 14.8 Å². The molecule has 0 fully saturated rings. The summed E-state index contributed by atoms with van der Waals surface area (Å²) in [6, 6.07) is 13.7. The molecule has 2 amide bonds. The number of amides is 2. The van der Waals surface area contributed by atoms with Gasteiger partial charge in [0.05, 0.1) is 0 Å². The second-order valence-electron chi connectivity index (χ2n) is 6.30. The van der Waals surface area contributed by atoms with Gasteiger partial charge in [-0.25, -0.2) is 5.48 Å². The molecule has 2 aromatic rings. The average molecular weight is 312 g/mol. The molecule has 0 saturated carbocycles. The Morgan fingerprint density at radius 1 is 0.826 bits per heavy atom. The van der Waals surface area contributed by atoms with Crippen molar-refractivity contribution in [2.45, 2.75) is 26.2 Å². The standard InChI is InChI=1S/C18H20N2O3/c1-18(2,3)14-8-4-12(5-9-14)16(21)19-15-10-6-13(7-11-15)17(22)20-23/h4-11,23H,1-3H3,(H,19,21)(H,20,22). The molecule has 0 aliphatic heterocycles. The van der Waals surface area contributed by atoms with E-state index < -0.39 is 5.91 Å². The zero-order valence-electron chi connectivity index (χ0n) is 13.4. The molecule has 0 aromatic heterocycles. The van der Waals surface area contributed by atoms with E-state index in [-0.39, 0.29) is 11.3 Å². The first kappa shape index (κ1) is 16.7. The topological polar surface area (TPSA) is 78.4 Å². The van der Waals surface area contributed by atoms with Gasteiger partial charge in [-0.1, -0.05) is 32.9 Å². The molecular formula is C18H20N2O3. The number of carbonyl (C=O) groups excluding carboxylic acids is 2. The number of hydrogen-bond donors (Lipinski definition) is 3. The maximum absolute atomic E-state index is 12.2. The zero-order chi connectivity index (χ0) is 17.0. The summed E-state index contributed by atoms with van der Waals surface area (Å²) in [4.78, 5) is 23.5. The van der Waals surface area contributed by atoms with E-state index in [4.69, 9.17) is 5.21 Å². The molecule has 0 aliphatic rings. The number of nitrogens with one attached hydrogen (secondary N) is 2. The number of hydroxylamine groups is 1. The lowest BCUT2D eigenvalue weighted by Gasteiger charge is -2.19. The first-order valence-corrected chi connectivity index (χ1v) is 7.27. The van der Waals surface area contributed by atoms with Crippen molar-refractivity contribution in [3.05, 3.63) is 65.2 Å². The summed E-state index contributed by atoms with van der Waals surface area (Å²) in [5.74, 6) is -0.814. The van der Waals surface area contributed by atoms with Crippen molar-refractivity contribution in [2.24, 2.45) is 0 Å². The second kappa shape index (κ2) is 6.62. The number of anilines is 1. The SMILES string of the molecule is CC(C)(C)c1ccc(C(=O)Nc2ccc(C(=O)NO)cc2)cc1. The van der Waals surface area contributed by atoms with Crippen molar-refractivity contribution >= 4 is 17.5 Å². The van der Waals surface area contributed by atoms with Gasteiger partial charge in [0.1, 0.15) is 0 Å². The Morgan fingerprint density at radius 3 is 1.78 bits per heavy atom. The fraction of sp³-hybridized carbons (Fsp3) is 0.222. The van der Waals surface area contributed by atoms with Gasteiger partial charge in [0.15, 0.2) is 0 Å². The Balaban J connectivity index is 2.08. The molecule has 5 nitrogen and oxygen atoms in total. The number of rotatable bonds is 3. The molecule has 5 heteroatoms. The quantitative estimate of drug-likeness (QED) is 0.600. The van der Waals surface area contributed by atoms with Gasteiger partial charge in [0.2, 0.25) is 0 Å². The van der Waals surface area contributed by atoms with Crippen molar-refractivity contribution in [1.82, 2.24) is 5.48 Å². The van der Waals surface area contributed by atoms with Gasteiger partial charge in [-0.2, -0.15) is 0 Å². The highest BCUT2D eigenvalue weighted by Gasteiger charge is 2.14. The molecule has 0 atom stereocenters. The van der Waals surface area contributed by atoms with Crippen LogP contribution in [0.5, 0.6) is 0 Å². The maximum atomic E-state index is 12.2. The molecular weight excluding hydrogens is 292 g/mol. The lowest BCUT2D eigenvalue weighted by Crippen LogP contribution is -2.18. The highest BCUT2D eigenvalue weighted by atomic mass is 16.5. The third kappa shape index (κ3) is 4.17. The lowest BCUT2D eigenvalue weighted by atomic mass is 9.87. The van der Waals surface area contributed by atoms with Crippen molar-refractivity contribution in [1.29, 1.82) is 0 Å². The predicted molar refractivity (Wildman–Crippen MR) is 88.8 cm³/mol. The average Bonchev–Trinajstić information content (AvgIpc) is 2.54. The van der Waals surface area contributed by atoms with E-state index in [0.717, 1.165) is 5.56 Å². The summed E-state index contributed by atoms with van der Waals surface area (Å²) in [6.45, 7) is 6.35. The summed E-state index contributed by atoms with van der Waals surface area (Å²) >= 11 is 0. The van der Waals surface area contributed by atoms with Gasteiger partial charge >= 0.3 is 0 Å². The van der Waals surface area contributed by atoms with Crippen LogP contribution in [0.15, 0.2) is 48.5 Å². The molecule has 3 N–H and O–H groups in total. The van der Waals surface area contributed by atoms with Gasteiger partial charge in [0.25, 0.3) is 11.8 Å². The highest BCUT2D eigenvalue weighted by Crippen LogP contribution is 2.22. The van der Waals surface area contributed by atoms with E-state index in [2.05, 4.69) is 26.1 Å². The molecule has 0 spiro atoms. The maximum Gasteiger partial charge on any atom is 0.274 e. The van der Waals surface area contributed by atoms with Crippen LogP contribution in [0.3, 0.4) is 0 Å². The lowest BCUT2D eigenvalue weighted by molar-refractivity contribution is 0.0706. The fourth-order valence-corrected chi connectivity index (χ4v) is 2.09. The minimum absolute atomic E-state index is 0.0398. The van der Waals surface area contributed by atoms with Crippen molar-refractivity contribution in [3.8, 4) is 0 Å². The Labute approximate surface area is 135 Å². The van der Waals surface area contributed by atoms with Crippen LogP contribution in [0.2, 0.25) is 0 Å². The fourth-order valence-electron chi connectivity index (χ4n) is 2.09. The molecule has 0 unspecified atom stereocenters. The molecule has 0 saturated heterocycles. The summed E-state index contributed by atoms with van der Waals surface area (Å²) in [7, 11) is 0. The van der Waals surface area contributed by atoms with Crippen LogP contribution in [-0.4, -0.2) is 17.0 Å². The van der Waals surface area contributed by atoms with Gasteiger partial charge in [-0.15, -0.1) is 0 Å². The summed E-state index contributed by atoms with van der Waals surface area (Å²) in [6.07, 6.45) is 0. The third-order valence-corrected chi connectivity index (χ3v) is 3.52. The van der Waals surface area contributed by atoms with Crippen LogP contribution in [0, 0.1) is 0 Å². The molecule has 2 aromatic carbocycles. The first-order valence-electron chi connectivity index (χ1n) is 7.27. The minimum atomic E-state index is -0.597. The summed E-state index contributed by atoms with van der Waals surface area (Å²) in [5, 5.41) is 11.3. The van der Waals surface area contributed by atoms with E-state index >= 15 is 0 Å². The van der Waals surface area contributed by atoms with Gasteiger partial charge < -0.3 is 5.32 Å². The van der Waals surface area contributed by atoms with Crippen molar-refractivity contribution in [2.75, 3.05) is 5.32 Å². The highest BCUT2D eigenvalue weighted by molar-refractivity contribution is 6.04. The normalized spacial score (nSPS) is 11.0. The van der Waals surface area contributed by atoms with E-state index in [1.165, 1.54) is 12.1 Å². The third-order valence-electron chi connectivity index (χ3n) is 3.52. The Hall–Kier alpha value is -2.66. The largest absolute Gasteiger partial charge is 0.322 e. The molecule has 0 radical (unpaired) electrons. The predicted octanol–water partition coefficient (Wildman–Crippen LogP) is 3.36. The van der Waals surface area contributed by atoms with Gasteiger partial charge in [-0.3, -0.25) is 14.8 Å². The Bertz CT molecular complexity index is 699. The van der Waals surface area contributed by atoms with Crippen molar-refractivity contribution in [3.63, 3.8) is 0 Å². The number of hydrogen-bond acceptors (Lipinski definition) is 3. The van der Waals surface area contributed by atoms with E-state index in [9.17, 15) is 9.59 Å². The molecule has 0 heterocycles. The number of benzene rings is 2. The number of carbonyl (C=O) groups is 2. The smallest absolute Gasteiger partial charge is 0.274 e. The van der Waals surface area contributed by atoms with E-state index in [0.29, 0.717) is 16.8 Å². The molecule has 0 bridgehead atoms. The Morgan fingerprint density at radius 2 is 1.30 bits per heavy atom. The second-order valence-corrected chi connectivity index (χ2v) is 6.30. The molecule has 2 rings (SSSR count). The molecule has 23 heavy (non-hydrogen) atoms. The van der Waals surface area contributed by atoms with Crippen LogP contribution in [0.4, 0.5) is 5.69 Å². The van der Waals surface area contributed by atoms with E-state index in [1.54, 1.807) is 29.7 Å². The summed E-state index contributed by atoms with van der Waals surface area (Å²) < 4.78 is 0. The van der Waals surface area contributed by atoms with Gasteiger partial charge in [-0.05, 0) is 47.4 Å². The zero-order valence-corrected chi connectivity index (χ0v) is 13.4. The monoisotopic (exact) mass is 312 g/mol. The first-order chi connectivity index (χ1) is 10.8. The van der Waals surface area contributed by atoms with Crippen LogP contribution in [-0.2, 0) is 5.41 Å².